The van der Waals surface area contributed by atoms with E-state index >= 15 is 0 Å². The maximum atomic E-state index is 13.8. The Morgan fingerprint density at radius 2 is 1.86 bits per heavy atom. The van der Waals surface area contributed by atoms with Gasteiger partial charge < -0.3 is 10.2 Å². The van der Waals surface area contributed by atoms with Crippen molar-refractivity contribution in [1.82, 2.24) is 20.0 Å². The molecular weight excluding hydrogens is 456 g/mol. The molecule has 0 unspecified atom stereocenters. The summed E-state index contributed by atoms with van der Waals surface area (Å²) in [5.74, 6) is -0.387. The number of aromatic nitrogens is 2. The molecule has 0 fully saturated rings. The lowest BCUT2D eigenvalue weighted by atomic mass is 9.93. The molecule has 0 saturated carbocycles. The summed E-state index contributed by atoms with van der Waals surface area (Å²) in [5.41, 5.74) is 4.44. The average Bonchev–Trinajstić information content (AvgIpc) is 3.52. The third-order valence-electron chi connectivity index (χ3n) is 6.72. The molecule has 0 spiro atoms. The summed E-state index contributed by atoms with van der Waals surface area (Å²) in [6.07, 6.45) is 0. The first kappa shape index (κ1) is 23.1. The summed E-state index contributed by atoms with van der Waals surface area (Å²) >= 11 is 1.58. The number of amides is 2. The molecule has 6 nitrogen and oxygen atoms in total. The Morgan fingerprint density at radius 1 is 1.09 bits per heavy atom. The fraction of sp³-hybridized carbons (Fsp3) is 0.250. The summed E-state index contributed by atoms with van der Waals surface area (Å²) in [5, 5.41) is 9.77. The number of hydrogen-bond donors (Lipinski definition) is 1. The predicted octanol–water partition coefficient (Wildman–Crippen LogP) is 4.96. The van der Waals surface area contributed by atoms with Gasteiger partial charge in [0, 0.05) is 13.1 Å². The number of hydrogen-bond acceptors (Lipinski definition) is 4. The molecule has 3 heterocycles. The van der Waals surface area contributed by atoms with Gasteiger partial charge in [0.2, 0.25) is 5.91 Å². The van der Waals surface area contributed by atoms with E-state index < -0.39 is 5.54 Å². The third kappa shape index (κ3) is 4.39. The van der Waals surface area contributed by atoms with Crippen molar-refractivity contribution >= 4 is 23.2 Å². The first-order valence-corrected chi connectivity index (χ1v) is 12.6. The van der Waals surface area contributed by atoms with Crippen molar-refractivity contribution in [3.05, 3.63) is 100 Å². The van der Waals surface area contributed by atoms with E-state index in [9.17, 15) is 9.59 Å². The normalized spacial score (nSPS) is 17.3. The van der Waals surface area contributed by atoms with Crippen LogP contribution >= 0.6 is 11.3 Å². The zero-order valence-corrected chi connectivity index (χ0v) is 20.9. The van der Waals surface area contributed by atoms with E-state index in [-0.39, 0.29) is 18.4 Å². The summed E-state index contributed by atoms with van der Waals surface area (Å²) in [4.78, 5) is 30.2. The standard InChI is InChI=1S/C28H28N4O2S/c1-19-10-12-21(13-11-19)16-29-27(34)28(3)18-32-24(15-23(30-32)25-9-6-14-35-25)26(33)31(28)17-22-8-5-4-7-20(22)2/h4-15H,16-18H2,1-3H3,(H,29,34)/t28-/m1/s1. The Morgan fingerprint density at radius 3 is 2.57 bits per heavy atom. The van der Waals surface area contributed by atoms with E-state index in [1.54, 1.807) is 20.9 Å². The molecule has 1 aliphatic rings. The molecule has 4 aromatic rings. The highest BCUT2D eigenvalue weighted by Crippen LogP contribution is 2.33. The highest BCUT2D eigenvalue weighted by atomic mass is 32.1. The number of carbonyl (C=O) groups is 2. The molecule has 7 heteroatoms. The van der Waals surface area contributed by atoms with Gasteiger partial charge in [0.15, 0.2) is 0 Å². The van der Waals surface area contributed by atoms with Crippen LogP contribution in [0.25, 0.3) is 10.6 Å². The zero-order valence-electron chi connectivity index (χ0n) is 20.1. The molecule has 35 heavy (non-hydrogen) atoms. The molecule has 0 bridgehead atoms. The summed E-state index contributed by atoms with van der Waals surface area (Å²) in [6.45, 7) is 6.92. The van der Waals surface area contributed by atoms with Crippen LogP contribution in [-0.4, -0.2) is 32.0 Å². The number of thiophene rings is 1. The van der Waals surface area contributed by atoms with Gasteiger partial charge in [0.1, 0.15) is 16.9 Å². The van der Waals surface area contributed by atoms with Crippen molar-refractivity contribution in [2.45, 2.75) is 45.9 Å². The van der Waals surface area contributed by atoms with E-state index in [0.717, 1.165) is 27.3 Å². The molecule has 0 radical (unpaired) electrons. The molecule has 0 aliphatic carbocycles. The van der Waals surface area contributed by atoms with Gasteiger partial charge in [-0.05, 0) is 55.0 Å². The molecule has 2 aromatic carbocycles. The van der Waals surface area contributed by atoms with Crippen molar-refractivity contribution in [2.24, 2.45) is 0 Å². The van der Waals surface area contributed by atoms with Crippen LogP contribution in [0.4, 0.5) is 0 Å². The molecule has 5 rings (SSSR count). The molecular formula is C28H28N4O2S. The average molecular weight is 485 g/mol. The zero-order chi connectivity index (χ0) is 24.6. The Bertz CT molecular complexity index is 1370. The Kier molecular flexibility index (Phi) is 6.03. The highest BCUT2D eigenvalue weighted by Gasteiger charge is 2.48. The van der Waals surface area contributed by atoms with Crippen molar-refractivity contribution in [3.8, 4) is 10.6 Å². The van der Waals surface area contributed by atoms with Crippen molar-refractivity contribution in [2.75, 3.05) is 0 Å². The number of nitrogens with one attached hydrogen (secondary N) is 1. The Balaban J connectivity index is 1.49. The fourth-order valence-electron chi connectivity index (χ4n) is 4.47. The van der Waals surface area contributed by atoms with Gasteiger partial charge in [-0.3, -0.25) is 14.3 Å². The summed E-state index contributed by atoms with van der Waals surface area (Å²) in [6, 6.07) is 21.8. The summed E-state index contributed by atoms with van der Waals surface area (Å²) in [7, 11) is 0. The minimum atomic E-state index is -1.10. The number of aryl methyl sites for hydroxylation is 2. The largest absolute Gasteiger partial charge is 0.350 e. The number of fused-ring (bicyclic) bond motifs is 1. The van der Waals surface area contributed by atoms with Crippen LogP contribution < -0.4 is 5.32 Å². The van der Waals surface area contributed by atoms with E-state index in [0.29, 0.717) is 18.8 Å². The van der Waals surface area contributed by atoms with Crippen LogP contribution in [-0.2, 0) is 24.4 Å². The molecule has 1 N–H and O–H groups in total. The van der Waals surface area contributed by atoms with Gasteiger partial charge >= 0.3 is 0 Å². The van der Waals surface area contributed by atoms with Crippen LogP contribution in [0.3, 0.4) is 0 Å². The fourth-order valence-corrected chi connectivity index (χ4v) is 5.15. The SMILES string of the molecule is Cc1ccc(CNC(=O)[C@@]2(C)Cn3nc(-c4cccs4)cc3C(=O)N2Cc2ccccc2C)cc1. The van der Waals surface area contributed by atoms with Crippen LogP contribution in [0.5, 0.6) is 0 Å². The van der Waals surface area contributed by atoms with Gasteiger partial charge in [0.25, 0.3) is 5.91 Å². The Labute approximate surface area is 209 Å². The van der Waals surface area contributed by atoms with Crippen molar-refractivity contribution < 1.29 is 9.59 Å². The van der Waals surface area contributed by atoms with Crippen LogP contribution in [0.2, 0.25) is 0 Å². The molecule has 2 amide bonds. The minimum absolute atomic E-state index is 0.192. The van der Waals surface area contributed by atoms with E-state index in [1.165, 1.54) is 5.56 Å². The molecule has 2 aromatic heterocycles. The highest BCUT2D eigenvalue weighted by molar-refractivity contribution is 7.13. The molecule has 0 saturated heterocycles. The molecule has 1 atom stereocenters. The second kappa shape index (κ2) is 9.15. The van der Waals surface area contributed by atoms with Gasteiger partial charge in [-0.1, -0.05) is 60.2 Å². The van der Waals surface area contributed by atoms with Crippen LogP contribution in [0, 0.1) is 13.8 Å². The van der Waals surface area contributed by atoms with Gasteiger partial charge in [-0.15, -0.1) is 11.3 Å². The van der Waals surface area contributed by atoms with Gasteiger partial charge in [-0.2, -0.15) is 5.10 Å². The number of carbonyl (C=O) groups excluding carboxylic acids is 2. The first-order chi connectivity index (χ1) is 16.8. The third-order valence-corrected chi connectivity index (χ3v) is 7.62. The number of rotatable bonds is 6. The Hall–Kier alpha value is -3.71. The maximum absolute atomic E-state index is 13.8. The first-order valence-electron chi connectivity index (χ1n) is 11.7. The van der Waals surface area contributed by atoms with Gasteiger partial charge in [-0.25, -0.2) is 0 Å². The van der Waals surface area contributed by atoms with E-state index in [4.69, 9.17) is 5.10 Å². The quantitative estimate of drug-likeness (QED) is 0.421. The number of benzene rings is 2. The summed E-state index contributed by atoms with van der Waals surface area (Å²) < 4.78 is 1.69. The van der Waals surface area contributed by atoms with Crippen molar-refractivity contribution in [3.63, 3.8) is 0 Å². The topological polar surface area (TPSA) is 67.2 Å². The predicted molar refractivity (Wildman–Crippen MR) is 138 cm³/mol. The lowest BCUT2D eigenvalue weighted by Crippen LogP contribution is -2.63. The molecule has 178 valence electrons. The van der Waals surface area contributed by atoms with Crippen LogP contribution in [0.15, 0.2) is 72.1 Å². The lowest BCUT2D eigenvalue weighted by molar-refractivity contribution is -0.133. The second-order valence-corrected chi connectivity index (χ2v) is 10.3. The number of nitrogens with zero attached hydrogens (tertiary/aromatic N) is 3. The lowest BCUT2D eigenvalue weighted by Gasteiger charge is -2.43. The smallest absolute Gasteiger partial charge is 0.273 e. The maximum Gasteiger partial charge on any atom is 0.273 e. The minimum Gasteiger partial charge on any atom is -0.350 e. The van der Waals surface area contributed by atoms with Crippen molar-refractivity contribution in [1.29, 1.82) is 0 Å². The second-order valence-electron chi connectivity index (χ2n) is 9.31. The van der Waals surface area contributed by atoms with Gasteiger partial charge in [0.05, 0.1) is 11.4 Å². The monoisotopic (exact) mass is 484 g/mol. The van der Waals surface area contributed by atoms with E-state index in [2.05, 4.69) is 5.32 Å². The van der Waals surface area contributed by atoms with Crippen LogP contribution in [0.1, 0.15) is 39.7 Å². The molecule has 1 aliphatic heterocycles. The van der Waals surface area contributed by atoms with E-state index in [1.807, 2.05) is 92.9 Å².